The molecule has 0 atom stereocenters. The van der Waals surface area contributed by atoms with E-state index in [-0.39, 0.29) is 11.1 Å². The molecule has 0 fully saturated rings. The number of aromatic carboxylic acids is 2. The summed E-state index contributed by atoms with van der Waals surface area (Å²) < 4.78 is 2.09. The zero-order valence-electron chi connectivity index (χ0n) is 11.3. The summed E-state index contributed by atoms with van der Waals surface area (Å²) in [6, 6.07) is 15.6. The van der Waals surface area contributed by atoms with Gasteiger partial charge < -0.3 is 10.2 Å². The second kappa shape index (κ2) is 7.08. The molecular formula is C16H12INO4. The molecule has 3 rings (SSSR count). The number of nitrogens with zero attached hydrogens (tertiary/aromatic N) is 1. The molecule has 5 nitrogen and oxygen atoms in total. The van der Waals surface area contributed by atoms with Crippen LogP contribution < -0.4 is 0 Å². The smallest absolute Gasteiger partial charge is 0.335 e. The number of fused-ring (bicyclic) bond motifs is 1. The van der Waals surface area contributed by atoms with Crippen LogP contribution in [0.4, 0.5) is 0 Å². The summed E-state index contributed by atoms with van der Waals surface area (Å²) in [7, 11) is 0. The molecule has 0 spiro atoms. The third-order valence-corrected chi connectivity index (χ3v) is 3.75. The third-order valence-electron chi connectivity index (χ3n) is 2.91. The number of hydrogen-bond donors (Lipinski definition) is 2. The molecule has 0 saturated carbocycles. The quantitative estimate of drug-likeness (QED) is 0.629. The van der Waals surface area contributed by atoms with E-state index >= 15 is 0 Å². The van der Waals surface area contributed by atoms with Crippen LogP contribution in [0.5, 0.6) is 0 Å². The monoisotopic (exact) mass is 409 g/mol. The lowest BCUT2D eigenvalue weighted by Crippen LogP contribution is -2.01. The van der Waals surface area contributed by atoms with Crippen molar-refractivity contribution in [3.05, 3.63) is 71.9 Å². The molecule has 3 aromatic rings. The van der Waals surface area contributed by atoms with Crippen molar-refractivity contribution in [2.75, 3.05) is 0 Å². The second-order valence-electron chi connectivity index (χ2n) is 4.38. The van der Waals surface area contributed by atoms with Crippen molar-refractivity contribution in [2.45, 2.75) is 0 Å². The van der Waals surface area contributed by atoms with Gasteiger partial charge in [-0.15, -0.1) is 0 Å². The summed E-state index contributed by atoms with van der Waals surface area (Å²) in [5.41, 5.74) is 1.24. The average molecular weight is 409 g/mol. The van der Waals surface area contributed by atoms with Crippen molar-refractivity contribution in [1.82, 2.24) is 2.78 Å². The van der Waals surface area contributed by atoms with Crippen LogP contribution in [0.25, 0.3) is 10.9 Å². The molecule has 0 radical (unpaired) electrons. The van der Waals surface area contributed by atoms with Crippen molar-refractivity contribution in [3.8, 4) is 0 Å². The van der Waals surface area contributed by atoms with Crippen LogP contribution in [-0.2, 0) is 0 Å². The first kappa shape index (κ1) is 16.0. The molecule has 2 N–H and O–H groups in total. The first-order valence-corrected chi connectivity index (χ1v) is 7.24. The number of halogens is 1. The fourth-order valence-corrected chi connectivity index (χ4v) is 2.43. The standard InChI is InChI=1S/C8H6IN.C8H6O4/c9-10-6-5-7-3-1-2-4-8(7)10;9-7(10)5-2-1-3-6(4-5)8(11)12/h1-6H;1-4H,(H,9,10)(H,11,12). The fraction of sp³-hybridized carbons (Fsp3) is 0. The second-order valence-corrected chi connectivity index (χ2v) is 5.42. The number of carboxylic acid groups (broad SMARTS) is 2. The van der Waals surface area contributed by atoms with Gasteiger partial charge >= 0.3 is 11.9 Å². The van der Waals surface area contributed by atoms with Crippen LogP contribution in [0, 0.1) is 0 Å². The van der Waals surface area contributed by atoms with E-state index in [2.05, 4.69) is 62.2 Å². The predicted octanol–water partition coefficient (Wildman–Crippen LogP) is 3.92. The summed E-state index contributed by atoms with van der Waals surface area (Å²) in [5.74, 6) is -2.25. The minimum Gasteiger partial charge on any atom is -0.478 e. The molecule has 0 saturated heterocycles. The third kappa shape index (κ3) is 3.85. The van der Waals surface area contributed by atoms with Crippen LogP contribution >= 0.6 is 22.9 Å². The highest BCUT2D eigenvalue weighted by molar-refractivity contribution is 14.1. The average Bonchev–Trinajstić information content (AvgIpc) is 2.90. The van der Waals surface area contributed by atoms with Gasteiger partial charge in [-0.3, -0.25) is 2.78 Å². The van der Waals surface area contributed by atoms with E-state index in [1.807, 2.05) is 0 Å². The first-order valence-electron chi connectivity index (χ1n) is 6.28. The molecule has 6 heteroatoms. The lowest BCUT2D eigenvalue weighted by molar-refractivity contribution is 0.0696. The van der Waals surface area contributed by atoms with Crippen molar-refractivity contribution < 1.29 is 19.8 Å². The van der Waals surface area contributed by atoms with Gasteiger partial charge in [0, 0.05) is 11.6 Å². The van der Waals surface area contributed by atoms with Gasteiger partial charge in [0.1, 0.15) is 0 Å². The Kier molecular flexibility index (Phi) is 5.16. The maximum Gasteiger partial charge on any atom is 0.335 e. The minimum atomic E-state index is -1.13. The van der Waals surface area contributed by atoms with Gasteiger partial charge in [-0.25, -0.2) is 9.59 Å². The zero-order chi connectivity index (χ0) is 16.1. The van der Waals surface area contributed by atoms with Crippen LogP contribution in [0.3, 0.4) is 0 Å². The van der Waals surface area contributed by atoms with Gasteiger partial charge in [0.2, 0.25) is 0 Å². The van der Waals surface area contributed by atoms with Crippen molar-refractivity contribution >= 4 is 45.7 Å². The van der Waals surface area contributed by atoms with Crippen molar-refractivity contribution in [3.63, 3.8) is 0 Å². The molecule has 22 heavy (non-hydrogen) atoms. The molecule has 0 bridgehead atoms. The number of hydrogen-bond acceptors (Lipinski definition) is 2. The molecular weight excluding hydrogens is 397 g/mol. The van der Waals surface area contributed by atoms with Crippen LogP contribution in [0.2, 0.25) is 0 Å². The Hall–Kier alpha value is -2.35. The fourth-order valence-electron chi connectivity index (χ4n) is 1.83. The van der Waals surface area contributed by atoms with Crippen molar-refractivity contribution in [2.24, 2.45) is 0 Å². The largest absolute Gasteiger partial charge is 0.478 e. The van der Waals surface area contributed by atoms with Crippen LogP contribution in [0.15, 0.2) is 60.8 Å². The van der Waals surface area contributed by atoms with Gasteiger partial charge in [-0.05, 0) is 30.3 Å². The van der Waals surface area contributed by atoms with Crippen LogP contribution in [-0.4, -0.2) is 24.9 Å². The highest BCUT2D eigenvalue weighted by Gasteiger charge is 2.06. The van der Waals surface area contributed by atoms with E-state index in [1.54, 1.807) is 0 Å². The summed E-state index contributed by atoms with van der Waals surface area (Å²) in [6.45, 7) is 0. The Morgan fingerprint density at radius 1 is 0.864 bits per heavy atom. The molecule has 0 aliphatic carbocycles. The van der Waals surface area contributed by atoms with Gasteiger partial charge in [-0.2, -0.15) is 0 Å². The maximum absolute atomic E-state index is 10.4. The summed E-state index contributed by atoms with van der Waals surface area (Å²) in [5, 5.41) is 18.3. The Bertz CT molecular complexity index is 796. The Morgan fingerprint density at radius 2 is 1.45 bits per heavy atom. The molecule has 2 aromatic carbocycles. The summed E-state index contributed by atoms with van der Waals surface area (Å²) in [6.07, 6.45) is 2.06. The predicted molar refractivity (Wildman–Crippen MR) is 91.7 cm³/mol. The molecule has 0 unspecified atom stereocenters. The Morgan fingerprint density at radius 3 is 2.00 bits per heavy atom. The lowest BCUT2D eigenvalue weighted by Gasteiger charge is -1.95. The Labute approximate surface area is 140 Å². The summed E-state index contributed by atoms with van der Waals surface area (Å²) in [4.78, 5) is 20.8. The van der Waals surface area contributed by atoms with E-state index in [1.165, 1.54) is 29.1 Å². The number of carboxylic acids is 2. The Balaban J connectivity index is 0.000000162. The van der Waals surface area contributed by atoms with E-state index in [0.29, 0.717) is 0 Å². The molecule has 0 aliphatic heterocycles. The number of aromatic nitrogens is 1. The zero-order valence-corrected chi connectivity index (χ0v) is 13.5. The highest BCUT2D eigenvalue weighted by atomic mass is 127. The van der Waals surface area contributed by atoms with E-state index in [0.717, 1.165) is 6.07 Å². The lowest BCUT2D eigenvalue weighted by atomic mass is 10.1. The van der Waals surface area contributed by atoms with E-state index in [9.17, 15) is 9.59 Å². The SMILES string of the molecule is In1ccc2ccccc21.O=C(O)c1cccc(C(=O)O)c1. The van der Waals surface area contributed by atoms with Gasteiger partial charge in [0.05, 0.1) is 39.5 Å². The molecule has 1 heterocycles. The number of carbonyl (C=O) groups is 2. The molecule has 1 aromatic heterocycles. The normalized spacial score (nSPS) is 9.86. The molecule has 0 amide bonds. The highest BCUT2D eigenvalue weighted by Crippen LogP contribution is 2.16. The van der Waals surface area contributed by atoms with Gasteiger partial charge in [0.15, 0.2) is 0 Å². The maximum atomic E-state index is 10.4. The summed E-state index contributed by atoms with van der Waals surface area (Å²) >= 11 is 2.27. The number of rotatable bonds is 2. The topological polar surface area (TPSA) is 79.5 Å². The van der Waals surface area contributed by atoms with Crippen molar-refractivity contribution in [1.29, 1.82) is 0 Å². The molecule has 112 valence electrons. The number of benzene rings is 2. The number of para-hydroxylation sites is 1. The first-order chi connectivity index (χ1) is 10.5. The molecule has 0 aliphatic rings. The van der Waals surface area contributed by atoms with E-state index in [4.69, 9.17) is 10.2 Å². The van der Waals surface area contributed by atoms with Gasteiger partial charge in [0.25, 0.3) is 0 Å². The van der Waals surface area contributed by atoms with Gasteiger partial charge in [-0.1, -0.05) is 24.3 Å². The van der Waals surface area contributed by atoms with Crippen LogP contribution in [0.1, 0.15) is 20.7 Å². The minimum absolute atomic E-state index is 0.0186. The van der Waals surface area contributed by atoms with E-state index < -0.39 is 11.9 Å².